The molecule has 1 aliphatic heterocycles. The van der Waals surface area contributed by atoms with Crippen molar-refractivity contribution < 1.29 is 0 Å². The molecule has 106 valence electrons. The molecule has 0 aliphatic carbocycles. The molecule has 0 unspecified atom stereocenters. The number of pyridine rings is 1. The molecular formula is C16H20ClN3. The highest BCUT2D eigenvalue weighted by atomic mass is 35.5. The highest BCUT2D eigenvalue weighted by Crippen LogP contribution is 2.18. The van der Waals surface area contributed by atoms with Crippen molar-refractivity contribution in [1.29, 1.82) is 0 Å². The quantitative estimate of drug-likeness (QED) is 0.807. The summed E-state index contributed by atoms with van der Waals surface area (Å²) in [6.45, 7) is 6.45. The van der Waals surface area contributed by atoms with Gasteiger partial charge in [-0.2, -0.15) is 0 Å². The van der Waals surface area contributed by atoms with E-state index in [2.05, 4.69) is 39.0 Å². The van der Waals surface area contributed by atoms with Gasteiger partial charge in [0.1, 0.15) is 0 Å². The van der Waals surface area contributed by atoms with Crippen molar-refractivity contribution in [2.45, 2.75) is 6.54 Å². The van der Waals surface area contributed by atoms with Crippen LogP contribution in [0.5, 0.6) is 0 Å². The van der Waals surface area contributed by atoms with Gasteiger partial charge in [-0.1, -0.05) is 24.3 Å². The predicted octanol–water partition coefficient (Wildman–Crippen LogP) is 2.59. The van der Waals surface area contributed by atoms with Gasteiger partial charge in [-0.3, -0.25) is 14.8 Å². The number of halogens is 1. The summed E-state index contributed by atoms with van der Waals surface area (Å²) in [4.78, 5) is 9.48. The zero-order chi connectivity index (χ0) is 13.8. The summed E-state index contributed by atoms with van der Waals surface area (Å²) >= 11 is 5.80. The normalized spacial score (nSPS) is 17.6. The number of alkyl halides is 1. The second-order valence-electron chi connectivity index (χ2n) is 5.30. The molecule has 2 aromatic rings. The third-order valence-corrected chi connectivity index (χ3v) is 4.14. The highest BCUT2D eigenvalue weighted by molar-refractivity contribution is 6.18. The average Bonchev–Trinajstić information content (AvgIpc) is 2.50. The molecule has 1 aliphatic rings. The Kier molecular flexibility index (Phi) is 4.51. The second kappa shape index (κ2) is 6.53. The number of aromatic nitrogens is 1. The first-order valence-electron chi connectivity index (χ1n) is 7.20. The lowest BCUT2D eigenvalue weighted by atomic mass is 10.1. The zero-order valence-corrected chi connectivity index (χ0v) is 12.4. The van der Waals surface area contributed by atoms with E-state index in [-0.39, 0.29) is 0 Å². The lowest BCUT2D eigenvalue weighted by molar-refractivity contribution is 0.133. The lowest BCUT2D eigenvalue weighted by Gasteiger charge is -2.34. The van der Waals surface area contributed by atoms with E-state index in [1.165, 1.54) is 10.9 Å². The predicted molar refractivity (Wildman–Crippen MR) is 84.2 cm³/mol. The monoisotopic (exact) mass is 289 g/mol. The van der Waals surface area contributed by atoms with E-state index >= 15 is 0 Å². The first-order chi connectivity index (χ1) is 9.86. The van der Waals surface area contributed by atoms with Crippen LogP contribution in [0.4, 0.5) is 0 Å². The Hall–Kier alpha value is -1.16. The molecule has 3 rings (SSSR count). The van der Waals surface area contributed by atoms with Crippen molar-refractivity contribution >= 4 is 22.5 Å². The summed E-state index contributed by atoms with van der Waals surface area (Å²) in [5.74, 6) is 0.729. The molecule has 0 N–H and O–H groups in total. The van der Waals surface area contributed by atoms with Gasteiger partial charge in [0.15, 0.2) is 0 Å². The molecule has 0 spiro atoms. The van der Waals surface area contributed by atoms with Gasteiger partial charge in [0, 0.05) is 56.7 Å². The van der Waals surface area contributed by atoms with E-state index in [1.54, 1.807) is 0 Å². The molecule has 1 aromatic carbocycles. The highest BCUT2D eigenvalue weighted by Gasteiger charge is 2.17. The number of hydrogen-bond acceptors (Lipinski definition) is 3. The molecule has 0 atom stereocenters. The largest absolute Gasteiger partial charge is 0.300 e. The number of nitrogens with zero attached hydrogens (tertiary/aromatic N) is 3. The molecule has 0 bridgehead atoms. The first kappa shape index (κ1) is 13.8. The fourth-order valence-electron chi connectivity index (χ4n) is 2.83. The number of piperazine rings is 1. The van der Waals surface area contributed by atoms with E-state index in [0.29, 0.717) is 0 Å². The van der Waals surface area contributed by atoms with Crippen LogP contribution in [0.1, 0.15) is 5.56 Å². The van der Waals surface area contributed by atoms with Crippen molar-refractivity contribution in [3.63, 3.8) is 0 Å². The molecule has 3 nitrogen and oxygen atoms in total. The van der Waals surface area contributed by atoms with E-state index in [0.717, 1.165) is 50.7 Å². The van der Waals surface area contributed by atoms with Crippen LogP contribution >= 0.6 is 11.6 Å². The van der Waals surface area contributed by atoms with Crippen molar-refractivity contribution in [3.8, 4) is 0 Å². The van der Waals surface area contributed by atoms with Crippen molar-refractivity contribution in [3.05, 3.63) is 42.1 Å². The Bertz CT molecular complexity index is 559. The van der Waals surface area contributed by atoms with Crippen LogP contribution in [0, 0.1) is 0 Å². The van der Waals surface area contributed by atoms with Gasteiger partial charge in [0.25, 0.3) is 0 Å². The van der Waals surface area contributed by atoms with Crippen LogP contribution in [0.3, 0.4) is 0 Å². The van der Waals surface area contributed by atoms with E-state index in [1.807, 2.05) is 12.3 Å². The summed E-state index contributed by atoms with van der Waals surface area (Å²) in [6.07, 6.45) is 1.88. The summed E-state index contributed by atoms with van der Waals surface area (Å²) in [5.41, 5.74) is 2.46. The van der Waals surface area contributed by atoms with Crippen LogP contribution in [-0.2, 0) is 6.54 Å². The maximum Gasteiger partial charge on any atom is 0.0746 e. The lowest BCUT2D eigenvalue weighted by Crippen LogP contribution is -2.46. The smallest absolute Gasteiger partial charge is 0.0746 e. The van der Waals surface area contributed by atoms with Crippen LogP contribution < -0.4 is 0 Å². The second-order valence-corrected chi connectivity index (χ2v) is 5.68. The SMILES string of the molecule is ClCCN1CCN(Cc2cccc3cccnc23)CC1. The van der Waals surface area contributed by atoms with Gasteiger partial charge in [-0.05, 0) is 11.6 Å². The minimum absolute atomic E-state index is 0.729. The summed E-state index contributed by atoms with van der Waals surface area (Å²) in [6, 6.07) is 10.6. The summed E-state index contributed by atoms with van der Waals surface area (Å²) < 4.78 is 0. The topological polar surface area (TPSA) is 19.4 Å². The van der Waals surface area contributed by atoms with E-state index in [4.69, 9.17) is 11.6 Å². The van der Waals surface area contributed by atoms with E-state index < -0.39 is 0 Å². The first-order valence-corrected chi connectivity index (χ1v) is 7.73. The molecule has 1 aromatic heterocycles. The van der Waals surface area contributed by atoms with E-state index in [9.17, 15) is 0 Å². The Balaban J connectivity index is 1.68. The Morgan fingerprint density at radius 2 is 1.75 bits per heavy atom. The molecular weight excluding hydrogens is 270 g/mol. The average molecular weight is 290 g/mol. The van der Waals surface area contributed by atoms with Gasteiger partial charge in [-0.15, -0.1) is 11.6 Å². The van der Waals surface area contributed by atoms with Gasteiger partial charge in [0.2, 0.25) is 0 Å². The summed E-state index contributed by atoms with van der Waals surface area (Å²) in [7, 11) is 0. The fraction of sp³-hybridized carbons (Fsp3) is 0.438. The number of benzene rings is 1. The van der Waals surface area contributed by atoms with Gasteiger partial charge >= 0.3 is 0 Å². The molecule has 2 heterocycles. The molecule has 0 amide bonds. The van der Waals surface area contributed by atoms with Gasteiger partial charge in [0.05, 0.1) is 5.52 Å². The maximum absolute atomic E-state index is 5.80. The number of para-hydroxylation sites is 1. The maximum atomic E-state index is 5.80. The molecule has 20 heavy (non-hydrogen) atoms. The number of fused-ring (bicyclic) bond motifs is 1. The standard InChI is InChI=1S/C16H20ClN3/c17-6-8-19-9-11-20(12-10-19)13-15-4-1-3-14-5-2-7-18-16(14)15/h1-5,7H,6,8-13H2. The van der Waals surface area contributed by atoms with Crippen molar-refractivity contribution in [1.82, 2.24) is 14.8 Å². The van der Waals surface area contributed by atoms with Crippen molar-refractivity contribution in [2.75, 3.05) is 38.6 Å². The molecule has 0 saturated carbocycles. The third kappa shape index (κ3) is 3.11. The fourth-order valence-corrected chi connectivity index (χ4v) is 3.07. The van der Waals surface area contributed by atoms with Crippen LogP contribution in [-0.4, -0.2) is 53.4 Å². The Morgan fingerprint density at radius 1 is 1.00 bits per heavy atom. The number of rotatable bonds is 4. The van der Waals surface area contributed by atoms with Crippen LogP contribution in [0.2, 0.25) is 0 Å². The van der Waals surface area contributed by atoms with Crippen LogP contribution in [0.15, 0.2) is 36.5 Å². The Morgan fingerprint density at radius 3 is 2.55 bits per heavy atom. The minimum atomic E-state index is 0.729. The molecule has 1 fully saturated rings. The van der Waals surface area contributed by atoms with Gasteiger partial charge in [-0.25, -0.2) is 0 Å². The molecule has 0 radical (unpaired) electrons. The zero-order valence-electron chi connectivity index (χ0n) is 11.6. The van der Waals surface area contributed by atoms with Crippen molar-refractivity contribution in [2.24, 2.45) is 0 Å². The minimum Gasteiger partial charge on any atom is -0.300 e. The van der Waals surface area contributed by atoms with Gasteiger partial charge < -0.3 is 0 Å². The summed E-state index contributed by atoms with van der Waals surface area (Å²) in [5, 5.41) is 1.23. The Labute approximate surface area is 125 Å². The van der Waals surface area contributed by atoms with Crippen LogP contribution in [0.25, 0.3) is 10.9 Å². The molecule has 4 heteroatoms. The number of hydrogen-bond donors (Lipinski definition) is 0. The molecule has 1 saturated heterocycles. The third-order valence-electron chi connectivity index (χ3n) is 3.98.